The third kappa shape index (κ3) is 7.28. The fraction of sp³-hybridized carbons (Fsp3) is 0.545. The molecule has 190 valence electrons. The third-order valence-electron chi connectivity index (χ3n) is 5.23. The molecule has 1 aliphatic heterocycles. The zero-order valence-electron chi connectivity index (χ0n) is 20.4. The highest BCUT2D eigenvalue weighted by molar-refractivity contribution is 6.30. The number of carbonyl (C=O) groups is 2. The summed E-state index contributed by atoms with van der Waals surface area (Å²) in [4.78, 5) is 43.9. The Morgan fingerprint density at radius 3 is 2.43 bits per heavy atom. The van der Waals surface area contributed by atoms with Crippen LogP contribution in [0.15, 0.2) is 18.3 Å². The van der Waals surface area contributed by atoms with Crippen molar-refractivity contribution in [2.45, 2.75) is 39.3 Å². The molecule has 0 aliphatic carbocycles. The Morgan fingerprint density at radius 1 is 1.17 bits per heavy atom. The standard InChI is InChI=1S/C22H30ClN7O5/c1-22(2,3)17(26-15(31)11-25-19-27-20(33-4)29-21(28-19)34-5)18(32)30-9-8-14(12-30)35-16-7-6-13(23)10-24-16/h6-7,10,14,17H,8-9,11-12H2,1-5H3,(H,26,31)(H,25,27,28,29). The van der Waals surface area contributed by atoms with Gasteiger partial charge in [0.05, 0.1) is 32.3 Å². The molecule has 1 aliphatic rings. The first kappa shape index (κ1) is 26.2. The van der Waals surface area contributed by atoms with Crippen LogP contribution >= 0.6 is 11.6 Å². The Kier molecular flexibility index (Phi) is 8.49. The van der Waals surface area contributed by atoms with Crippen LogP contribution in [0.5, 0.6) is 17.9 Å². The monoisotopic (exact) mass is 507 g/mol. The smallest absolute Gasteiger partial charge is 0.324 e. The lowest BCUT2D eigenvalue weighted by Crippen LogP contribution is -2.55. The maximum atomic E-state index is 13.3. The predicted molar refractivity (Wildman–Crippen MR) is 128 cm³/mol. The fourth-order valence-electron chi connectivity index (χ4n) is 3.43. The van der Waals surface area contributed by atoms with E-state index in [0.717, 1.165) is 0 Å². The van der Waals surface area contributed by atoms with Crippen molar-refractivity contribution in [2.75, 3.05) is 39.2 Å². The second-order valence-corrected chi connectivity index (χ2v) is 9.42. The molecule has 2 atom stereocenters. The first-order valence-electron chi connectivity index (χ1n) is 11.0. The van der Waals surface area contributed by atoms with Crippen LogP contribution in [0.2, 0.25) is 5.02 Å². The molecule has 0 radical (unpaired) electrons. The molecule has 1 saturated heterocycles. The van der Waals surface area contributed by atoms with Crippen molar-refractivity contribution in [1.82, 2.24) is 30.2 Å². The van der Waals surface area contributed by atoms with Crippen LogP contribution in [0.4, 0.5) is 5.95 Å². The Morgan fingerprint density at radius 2 is 1.86 bits per heavy atom. The van der Waals surface area contributed by atoms with Gasteiger partial charge in [0.1, 0.15) is 12.1 Å². The number of aromatic nitrogens is 4. The van der Waals surface area contributed by atoms with E-state index < -0.39 is 17.4 Å². The largest absolute Gasteiger partial charge is 0.472 e. The number of nitrogens with zero attached hydrogens (tertiary/aromatic N) is 5. The van der Waals surface area contributed by atoms with Crippen molar-refractivity contribution in [2.24, 2.45) is 5.41 Å². The lowest BCUT2D eigenvalue weighted by molar-refractivity contribution is -0.138. The quantitative estimate of drug-likeness (QED) is 0.513. The number of pyridine rings is 1. The van der Waals surface area contributed by atoms with Gasteiger partial charge in [0.15, 0.2) is 0 Å². The number of hydrogen-bond acceptors (Lipinski definition) is 10. The Balaban J connectivity index is 1.59. The van der Waals surface area contributed by atoms with Crippen LogP contribution in [-0.2, 0) is 9.59 Å². The second kappa shape index (κ2) is 11.3. The summed E-state index contributed by atoms with van der Waals surface area (Å²) in [6, 6.07) is 2.73. The van der Waals surface area contributed by atoms with Crippen molar-refractivity contribution in [1.29, 1.82) is 0 Å². The molecule has 0 saturated carbocycles. The molecule has 13 heteroatoms. The second-order valence-electron chi connectivity index (χ2n) is 8.98. The molecule has 3 rings (SSSR count). The van der Waals surface area contributed by atoms with Gasteiger partial charge in [0, 0.05) is 25.2 Å². The average molecular weight is 508 g/mol. The van der Waals surface area contributed by atoms with Gasteiger partial charge in [0.2, 0.25) is 23.6 Å². The third-order valence-corrected chi connectivity index (χ3v) is 5.45. The maximum absolute atomic E-state index is 13.3. The molecule has 0 spiro atoms. The molecule has 35 heavy (non-hydrogen) atoms. The molecular formula is C22H30ClN7O5. The first-order chi connectivity index (χ1) is 16.6. The number of carbonyl (C=O) groups excluding carboxylic acids is 2. The molecular weight excluding hydrogens is 478 g/mol. The van der Waals surface area contributed by atoms with Gasteiger partial charge in [-0.3, -0.25) is 9.59 Å². The number of halogens is 1. The lowest BCUT2D eigenvalue weighted by Gasteiger charge is -2.33. The number of amides is 2. The average Bonchev–Trinajstić information content (AvgIpc) is 3.29. The van der Waals surface area contributed by atoms with Crippen LogP contribution < -0.4 is 24.8 Å². The Bertz CT molecular complexity index is 1010. The van der Waals surface area contributed by atoms with Gasteiger partial charge in [-0.1, -0.05) is 32.4 Å². The van der Waals surface area contributed by atoms with Crippen molar-refractivity contribution in [3.05, 3.63) is 23.4 Å². The summed E-state index contributed by atoms with van der Waals surface area (Å²) >= 11 is 5.87. The van der Waals surface area contributed by atoms with Crippen LogP contribution in [0.3, 0.4) is 0 Å². The number of anilines is 1. The molecule has 1 fully saturated rings. The zero-order valence-corrected chi connectivity index (χ0v) is 21.1. The molecule has 0 bridgehead atoms. The zero-order chi connectivity index (χ0) is 25.6. The maximum Gasteiger partial charge on any atom is 0.324 e. The van der Waals surface area contributed by atoms with Gasteiger partial charge in [-0.25, -0.2) is 4.98 Å². The molecule has 2 amide bonds. The van der Waals surface area contributed by atoms with Crippen LogP contribution in [0, 0.1) is 5.41 Å². The highest BCUT2D eigenvalue weighted by atomic mass is 35.5. The normalized spacial score (nSPS) is 16.4. The van der Waals surface area contributed by atoms with E-state index in [1.165, 1.54) is 20.4 Å². The van der Waals surface area contributed by atoms with Gasteiger partial charge in [-0.2, -0.15) is 9.97 Å². The van der Waals surface area contributed by atoms with Crippen molar-refractivity contribution in [3.63, 3.8) is 0 Å². The number of methoxy groups -OCH3 is 2. The summed E-state index contributed by atoms with van der Waals surface area (Å²) in [5, 5.41) is 6.16. The summed E-state index contributed by atoms with van der Waals surface area (Å²) in [5.74, 6) is -0.0108. The minimum Gasteiger partial charge on any atom is -0.472 e. The molecule has 2 aromatic rings. The van der Waals surface area contributed by atoms with Gasteiger partial charge >= 0.3 is 12.0 Å². The Hall–Kier alpha value is -3.41. The number of ether oxygens (including phenoxy) is 3. The van der Waals surface area contributed by atoms with Gasteiger partial charge < -0.3 is 29.7 Å². The fourth-order valence-corrected chi connectivity index (χ4v) is 3.54. The molecule has 0 aromatic carbocycles. The minimum absolute atomic E-state index is 0.0436. The van der Waals surface area contributed by atoms with Crippen LogP contribution in [0.25, 0.3) is 0 Å². The van der Waals surface area contributed by atoms with Gasteiger partial charge in [-0.05, 0) is 11.5 Å². The van der Waals surface area contributed by atoms with E-state index in [0.29, 0.717) is 30.4 Å². The number of likely N-dealkylation sites (tertiary alicyclic amines) is 1. The topological polar surface area (TPSA) is 141 Å². The van der Waals surface area contributed by atoms with E-state index in [4.69, 9.17) is 25.8 Å². The number of hydrogen-bond donors (Lipinski definition) is 2. The van der Waals surface area contributed by atoms with Crippen LogP contribution in [0.1, 0.15) is 27.2 Å². The summed E-state index contributed by atoms with van der Waals surface area (Å²) < 4.78 is 15.9. The summed E-state index contributed by atoms with van der Waals surface area (Å²) in [5.41, 5.74) is -0.525. The summed E-state index contributed by atoms with van der Waals surface area (Å²) in [6.45, 7) is 6.44. The SMILES string of the molecule is COc1nc(NCC(=O)NC(C(=O)N2CCC(Oc3ccc(Cl)cn3)C2)C(C)(C)C)nc(OC)n1. The van der Waals surface area contributed by atoms with Gasteiger partial charge in [0.25, 0.3) is 0 Å². The van der Waals surface area contributed by atoms with Gasteiger partial charge in [-0.15, -0.1) is 4.98 Å². The number of rotatable bonds is 9. The van der Waals surface area contributed by atoms with E-state index in [2.05, 4.69) is 30.6 Å². The number of nitrogens with one attached hydrogen (secondary N) is 2. The summed E-state index contributed by atoms with van der Waals surface area (Å²) in [7, 11) is 2.81. The molecule has 3 heterocycles. The van der Waals surface area contributed by atoms with Crippen LogP contribution in [-0.4, -0.2) is 82.6 Å². The highest BCUT2D eigenvalue weighted by Gasteiger charge is 2.38. The van der Waals surface area contributed by atoms with E-state index in [1.54, 1.807) is 17.0 Å². The van der Waals surface area contributed by atoms with Crippen molar-refractivity contribution < 1.29 is 23.8 Å². The van der Waals surface area contributed by atoms with Crippen molar-refractivity contribution >= 4 is 29.4 Å². The van der Waals surface area contributed by atoms with E-state index in [1.807, 2.05) is 20.8 Å². The highest BCUT2D eigenvalue weighted by Crippen LogP contribution is 2.24. The lowest BCUT2D eigenvalue weighted by atomic mass is 9.85. The Labute approximate surface area is 208 Å². The first-order valence-corrected chi connectivity index (χ1v) is 11.4. The molecule has 2 unspecified atom stereocenters. The molecule has 2 aromatic heterocycles. The van der Waals surface area contributed by atoms with Crippen molar-refractivity contribution in [3.8, 4) is 17.9 Å². The molecule has 2 N–H and O–H groups in total. The summed E-state index contributed by atoms with van der Waals surface area (Å²) in [6.07, 6.45) is 1.97. The van der Waals surface area contributed by atoms with E-state index in [9.17, 15) is 9.59 Å². The predicted octanol–water partition coefficient (Wildman–Crippen LogP) is 1.56. The minimum atomic E-state index is -0.744. The van der Waals surface area contributed by atoms with E-state index in [-0.39, 0.29) is 36.5 Å². The molecule has 12 nitrogen and oxygen atoms in total. The van der Waals surface area contributed by atoms with E-state index >= 15 is 0 Å².